The molecule has 27 heavy (non-hydrogen) atoms. The van der Waals surface area contributed by atoms with E-state index in [0.717, 1.165) is 24.2 Å². The van der Waals surface area contributed by atoms with E-state index in [0.29, 0.717) is 25.9 Å². The first-order chi connectivity index (χ1) is 12.9. The lowest BCUT2D eigenvalue weighted by Crippen LogP contribution is -2.45. The Bertz CT molecular complexity index is 896. The van der Waals surface area contributed by atoms with Crippen molar-refractivity contribution in [1.29, 1.82) is 0 Å². The standard InChI is InChI=1S/C18H23FN4O3S/c1-2-22-12-14(11-21-22)10-20-18(24)15-4-3-9-23(13-15)27(25,26)17-7-5-16(19)6-8-17/h5-8,11-12,15H,2-4,9-10,13H2,1H3,(H,20,24)/t15-/m0/s1. The first-order valence-electron chi connectivity index (χ1n) is 8.95. The van der Waals surface area contributed by atoms with Gasteiger partial charge in [0, 0.05) is 37.9 Å². The SMILES string of the molecule is CCn1cc(CNC(=O)[C@H]2CCCN(S(=O)(=O)c3ccc(F)cc3)C2)cn1. The fraction of sp³-hybridized carbons (Fsp3) is 0.444. The van der Waals surface area contributed by atoms with Crippen molar-refractivity contribution < 1.29 is 17.6 Å². The minimum atomic E-state index is -3.74. The molecule has 1 aliphatic heterocycles. The Balaban J connectivity index is 1.62. The summed E-state index contributed by atoms with van der Waals surface area (Å²) >= 11 is 0. The molecule has 1 aromatic carbocycles. The first kappa shape index (κ1) is 19.5. The maximum atomic E-state index is 13.1. The number of rotatable bonds is 6. The van der Waals surface area contributed by atoms with Crippen molar-refractivity contribution in [3.05, 3.63) is 48.0 Å². The van der Waals surface area contributed by atoms with Gasteiger partial charge >= 0.3 is 0 Å². The van der Waals surface area contributed by atoms with Crippen LogP contribution < -0.4 is 5.32 Å². The quantitative estimate of drug-likeness (QED) is 0.809. The molecular weight excluding hydrogens is 371 g/mol. The molecule has 1 atom stereocenters. The number of piperidine rings is 1. The molecule has 1 aliphatic rings. The average Bonchev–Trinajstić information content (AvgIpc) is 3.14. The van der Waals surface area contributed by atoms with E-state index in [-0.39, 0.29) is 17.3 Å². The molecule has 0 radical (unpaired) electrons. The number of hydrogen-bond acceptors (Lipinski definition) is 4. The number of amides is 1. The zero-order valence-electron chi connectivity index (χ0n) is 15.1. The minimum absolute atomic E-state index is 0.0388. The van der Waals surface area contributed by atoms with Crippen molar-refractivity contribution in [2.45, 2.75) is 37.8 Å². The molecule has 0 unspecified atom stereocenters. The van der Waals surface area contributed by atoms with Crippen molar-refractivity contribution >= 4 is 15.9 Å². The number of halogens is 1. The van der Waals surface area contributed by atoms with Gasteiger partial charge < -0.3 is 5.32 Å². The van der Waals surface area contributed by atoms with Crippen LogP contribution in [0.4, 0.5) is 4.39 Å². The van der Waals surface area contributed by atoms with E-state index in [4.69, 9.17) is 0 Å². The molecule has 0 bridgehead atoms. The predicted molar refractivity (Wildman–Crippen MR) is 97.6 cm³/mol. The fourth-order valence-corrected chi connectivity index (χ4v) is 4.66. The minimum Gasteiger partial charge on any atom is -0.352 e. The van der Waals surface area contributed by atoms with Crippen LogP contribution in [0, 0.1) is 11.7 Å². The molecule has 7 nitrogen and oxygen atoms in total. The highest BCUT2D eigenvalue weighted by Crippen LogP contribution is 2.24. The number of hydrogen-bond donors (Lipinski definition) is 1. The number of nitrogens with one attached hydrogen (secondary N) is 1. The van der Waals surface area contributed by atoms with Crippen molar-refractivity contribution in [2.24, 2.45) is 5.92 Å². The lowest BCUT2D eigenvalue weighted by Gasteiger charge is -2.31. The Morgan fingerprint density at radius 2 is 2.07 bits per heavy atom. The monoisotopic (exact) mass is 394 g/mol. The van der Waals surface area contributed by atoms with Gasteiger partial charge in [-0.1, -0.05) is 0 Å². The smallest absolute Gasteiger partial charge is 0.243 e. The Hall–Kier alpha value is -2.26. The average molecular weight is 394 g/mol. The van der Waals surface area contributed by atoms with Gasteiger partial charge in [0.25, 0.3) is 0 Å². The van der Waals surface area contributed by atoms with E-state index in [9.17, 15) is 17.6 Å². The topological polar surface area (TPSA) is 84.3 Å². The number of carbonyl (C=O) groups excluding carboxylic acids is 1. The van der Waals surface area contributed by atoms with Gasteiger partial charge in [0.15, 0.2) is 0 Å². The molecule has 0 saturated carbocycles. The molecule has 1 N–H and O–H groups in total. The van der Waals surface area contributed by atoms with Crippen molar-refractivity contribution in [3.63, 3.8) is 0 Å². The summed E-state index contributed by atoms with van der Waals surface area (Å²) in [5, 5.41) is 7.02. The normalized spacial score (nSPS) is 18.4. The zero-order valence-corrected chi connectivity index (χ0v) is 16.0. The molecule has 1 saturated heterocycles. The van der Waals surface area contributed by atoms with E-state index < -0.39 is 21.8 Å². The fourth-order valence-electron chi connectivity index (χ4n) is 3.13. The second kappa shape index (κ2) is 8.18. The molecule has 9 heteroatoms. The predicted octanol–water partition coefficient (Wildman–Crippen LogP) is 1.76. The van der Waals surface area contributed by atoms with Gasteiger partial charge in [-0.15, -0.1) is 0 Å². The van der Waals surface area contributed by atoms with Crippen molar-refractivity contribution in [1.82, 2.24) is 19.4 Å². The number of sulfonamides is 1. The molecule has 1 aromatic heterocycles. The molecule has 2 aromatic rings. The molecular formula is C18H23FN4O3S. The Labute approximate surface area is 158 Å². The number of carbonyl (C=O) groups is 1. The van der Waals surface area contributed by atoms with E-state index >= 15 is 0 Å². The lowest BCUT2D eigenvalue weighted by molar-refractivity contribution is -0.126. The van der Waals surface area contributed by atoms with Crippen LogP contribution in [0.3, 0.4) is 0 Å². The molecule has 1 amide bonds. The summed E-state index contributed by atoms with van der Waals surface area (Å²) in [6, 6.07) is 4.74. The second-order valence-electron chi connectivity index (χ2n) is 6.58. The van der Waals surface area contributed by atoms with Crippen molar-refractivity contribution in [3.8, 4) is 0 Å². The van der Waals surface area contributed by atoms with Gasteiger partial charge in [-0.3, -0.25) is 9.48 Å². The van der Waals surface area contributed by atoms with Gasteiger partial charge in [-0.05, 0) is 44.0 Å². The van der Waals surface area contributed by atoms with Crippen LogP contribution >= 0.6 is 0 Å². The van der Waals surface area contributed by atoms with E-state index in [1.165, 1.54) is 16.4 Å². The van der Waals surface area contributed by atoms with Crippen LogP contribution in [0.25, 0.3) is 0 Å². The summed E-state index contributed by atoms with van der Waals surface area (Å²) in [5.74, 6) is -1.07. The van der Waals surface area contributed by atoms with Crippen LogP contribution in [-0.4, -0.2) is 41.5 Å². The summed E-state index contributed by atoms with van der Waals surface area (Å²) < 4.78 is 41.6. The van der Waals surface area contributed by atoms with Crippen LogP contribution in [-0.2, 0) is 27.9 Å². The third-order valence-corrected chi connectivity index (χ3v) is 6.56. The van der Waals surface area contributed by atoms with Gasteiger partial charge in [0.05, 0.1) is 17.0 Å². The van der Waals surface area contributed by atoms with Gasteiger partial charge in [-0.2, -0.15) is 9.40 Å². The number of aromatic nitrogens is 2. The van der Waals surface area contributed by atoms with E-state index in [1.807, 2.05) is 13.1 Å². The van der Waals surface area contributed by atoms with Crippen LogP contribution in [0.2, 0.25) is 0 Å². The molecule has 2 heterocycles. The molecule has 3 rings (SSSR count). The third kappa shape index (κ3) is 4.54. The highest BCUT2D eigenvalue weighted by Gasteiger charge is 2.33. The Morgan fingerprint density at radius 1 is 1.33 bits per heavy atom. The third-order valence-electron chi connectivity index (χ3n) is 4.68. The Morgan fingerprint density at radius 3 is 2.74 bits per heavy atom. The molecule has 146 valence electrons. The second-order valence-corrected chi connectivity index (χ2v) is 8.52. The van der Waals surface area contributed by atoms with E-state index in [2.05, 4.69) is 10.4 Å². The van der Waals surface area contributed by atoms with E-state index in [1.54, 1.807) is 10.9 Å². The van der Waals surface area contributed by atoms with Gasteiger partial charge in [0.2, 0.25) is 15.9 Å². The summed E-state index contributed by atoms with van der Waals surface area (Å²) in [6.07, 6.45) is 4.81. The van der Waals surface area contributed by atoms with Crippen LogP contribution in [0.1, 0.15) is 25.3 Å². The van der Waals surface area contributed by atoms with Crippen LogP contribution in [0.5, 0.6) is 0 Å². The maximum absolute atomic E-state index is 13.1. The van der Waals surface area contributed by atoms with Gasteiger partial charge in [-0.25, -0.2) is 12.8 Å². The van der Waals surface area contributed by atoms with Crippen LogP contribution in [0.15, 0.2) is 41.6 Å². The molecule has 1 fully saturated rings. The summed E-state index contributed by atoms with van der Waals surface area (Å²) in [4.78, 5) is 12.5. The maximum Gasteiger partial charge on any atom is 0.243 e. The zero-order chi connectivity index (χ0) is 19.4. The lowest BCUT2D eigenvalue weighted by atomic mass is 9.99. The highest BCUT2D eigenvalue weighted by atomic mass is 32.2. The summed E-state index contributed by atoms with van der Waals surface area (Å²) in [6.45, 7) is 3.58. The summed E-state index contributed by atoms with van der Waals surface area (Å²) in [5.41, 5.74) is 0.900. The Kier molecular flexibility index (Phi) is 5.91. The van der Waals surface area contributed by atoms with Crippen molar-refractivity contribution in [2.75, 3.05) is 13.1 Å². The highest BCUT2D eigenvalue weighted by molar-refractivity contribution is 7.89. The number of benzene rings is 1. The number of aryl methyl sites for hydroxylation is 1. The summed E-state index contributed by atoms with van der Waals surface area (Å²) in [7, 11) is -3.74. The number of nitrogens with zero attached hydrogens (tertiary/aromatic N) is 3. The molecule has 0 spiro atoms. The van der Waals surface area contributed by atoms with Gasteiger partial charge in [0.1, 0.15) is 5.82 Å². The first-order valence-corrected chi connectivity index (χ1v) is 10.4. The largest absolute Gasteiger partial charge is 0.352 e. The molecule has 0 aliphatic carbocycles.